The fourth-order valence-electron chi connectivity index (χ4n) is 2.68. The van der Waals surface area contributed by atoms with Crippen molar-refractivity contribution in [2.45, 2.75) is 52.0 Å². The van der Waals surface area contributed by atoms with E-state index in [1.807, 2.05) is 37.3 Å². The molecule has 0 heterocycles. The number of amides is 1. The van der Waals surface area contributed by atoms with E-state index in [0.717, 1.165) is 18.4 Å². The van der Waals surface area contributed by atoms with Crippen LogP contribution in [0.3, 0.4) is 0 Å². The lowest BCUT2D eigenvalue weighted by Gasteiger charge is -2.18. The molecule has 0 bridgehead atoms. The van der Waals surface area contributed by atoms with Gasteiger partial charge in [-0.1, -0.05) is 80.5 Å². The van der Waals surface area contributed by atoms with Gasteiger partial charge in [0.1, 0.15) is 0 Å². The third kappa shape index (κ3) is 7.65. The summed E-state index contributed by atoms with van der Waals surface area (Å²) < 4.78 is 0. The number of hydrogen-bond donors (Lipinski definition) is 1. The van der Waals surface area contributed by atoms with E-state index >= 15 is 0 Å². The molecule has 1 amide bonds. The van der Waals surface area contributed by atoms with Gasteiger partial charge in [-0.25, -0.2) is 0 Å². The van der Waals surface area contributed by atoms with Crippen molar-refractivity contribution in [2.75, 3.05) is 6.61 Å². The van der Waals surface area contributed by atoms with E-state index in [0.29, 0.717) is 0 Å². The lowest BCUT2D eigenvalue weighted by Crippen LogP contribution is -2.35. The topological polar surface area (TPSA) is 50.7 Å². The number of carbonyl (C=O) groups excluding carboxylic acids is 1. The SMILES string of the molecule is CC(CCc1ccccc1)NC(=O)CON=Cc1ccc(C(C)(C)C)cc1. The second kappa shape index (κ2) is 9.91. The average molecular weight is 367 g/mol. The Morgan fingerprint density at radius 2 is 1.78 bits per heavy atom. The van der Waals surface area contributed by atoms with Crippen molar-refractivity contribution in [3.63, 3.8) is 0 Å². The van der Waals surface area contributed by atoms with E-state index in [1.165, 1.54) is 11.1 Å². The Hall–Kier alpha value is -2.62. The molecule has 4 heteroatoms. The highest BCUT2D eigenvalue weighted by atomic mass is 16.6. The maximum atomic E-state index is 11.9. The second-order valence-electron chi connectivity index (χ2n) is 7.87. The number of rotatable bonds is 8. The molecule has 2 aromatic rings. The van der Waals surface area contributed by atoms with Crippen molar-refractivity contribution in [1.29, 1.82) is 0 Å². The Balaban J connectivity index is 1.68. The lowest BCUT2D eigenvalue weighted by atomic mass is 9.87. The van der Waals surface area contributed by atoms with E-state index < -0.39 is 0 Å². The molecule has 0 radical (unpaired) electrons. The molecule has 0 saturated carbocycles. The van der Waals surface area contributed by atoms with Crippen molar-refractivity contribution in [2.24, 2.45) is 5.16 Å². The summed E-state index contributed by atoms with van der Waals surface area (Å²) in [5.41, 5.74) is 3.61. The van der Waals surface area contributed by atoms with Crippen LogP contribution in [-0.2, 0) is 21.5 Å². The largest absolute Gasteiger partial charge is 0.386 e. The van der Waals surface area contributed by atoms with Crippen molar-refractivity contribution in [3.8, 4) is 0 Å². The van der Waals surface area contributed by atoms with Crippen LogP contribution >= 0.6 is 0 Å². The molecule has 0 aliphatic rings. The summed E-state index contributed by atoms with van der Waals surface area (Å²) in [6.45, 7) is 8.46. The quantitative estimate of drug-likeness (QED) is 0.553. The third-order valence-corrected chi connectivity index (χ3v) is 4.36. The van der Waals surface area contributed by atoms with Gasteiger partial charge in [0, 0.05) is 6.04 Å². The molecular weight excluding hydrogens is 336 g/mol. The van der Waals surface area contributed by atoms with Crippen LogP contribution < -0.4 is 5.32 Å². The zero-order valence-electron chi connectivity index (χ0n) is 16.7. The smallest absolute Gasteiger partial charge is 0.260 e. The fraction of sp³-hybridized carbons (Fsp3) is 0.391. The highest BCUT2D eigenvalue weighted by Gasteiger charge is 2.12. The van der Waals surface area contributed by atoms with Crippen LogP contribution in [0, 0.1) is 0 Å². The van der Waals surface area contributed by atoms with Crippen LogP contribution in [0.5, 0.6) is 0 Å². The van der Waals surface area contributed by atoms with Gasteiger partial charge in [0.25, 0.3) is 5.91 Å². The molecule has 1 atom stereocenters. The van der Waals surface area contributed by atoms with Crippen LogP contribution in [0.15, 0.2) is 59.8 Å². The summed E-state index contributed by atoms with van der Waals surface area (Å²) in [6.07, 6.45) is 3.45. The van der Waals surface area contributed by atoms with Crippen LogP contribution in [0.4, 0.5) is 0 Å². The summed E-state index contributed by atoms with van der Waals surface area (Å²) in [5.74, 6) is -0.157. The minimum atomic E-state index is -0.157. The monoisotopic (exact) mass is 366 g/mol. The highest BCUT2D eigenvalue weighted by molar-refractivity contribution is 5.80. The first kappa shape index (κ1) is 20.7. The molecule has 0 saturated heterocycles. The van der Waals surface area contributed by atoms with Gasteiger partial charge < -0.3 is 10.2 Å². The summed E-state index contributed by atoms with van der Waals surface area (Å²) >= 11 is 0. The van der Waals surface area contributed by atoms with Crippen molar-refractivity contribution < 1.29 is 9.63 Å². The normalized spacial score (nSPS) is 12.7. The van der Waals surface area contributed by atoms with Gasteiger partial charge in [0.05, 0.1) is 6.21 Å². The number of benzene rings is 2. The van der Waals surface area contributed by atoms with Gasteiger partial charge in [0.15, 0.2) is 6.61 Å². The second-order valence-corrected chi connectivity index (χ2v) is 7.87. The fourth-order valence-corrected chi connectivity index (χ4v) is 2.68. The Labute approximate surface area is 162 Å². The van der Waals surface area contributed by atoms with Crippen LogP contribution in [0.1, 0.15) is 50.8 Å². The Morgan fingerprint density at radius 1 is 1.11 bits per heavy atom. The van der Waals surface area contributed by atoms with Gasteiger partial charge in [-0.2, -0.15) is 0 Å². The van der Waals surface area contributed by atoms with Crippen LogP contribution in [-0.4, -0.2) is 24.8 Å². The minimum Gasteiger partial charge on any atom is -0.386 e. The standard InChI is InChI=1S/C23H30N2O2/c1-18(10-11-19-8-6-5-7-9-19)25-22(26)17-27-24-16-20-12-14-21(15-13-20)23(2,3)4/h5-9,12-16,18H,10-11,17H2,1-4H3,(H,25,26). The molecule has 0 aliphatic carbocycles. The molecule has 0 aromatic heterocycles. The zero-order valence-corrected chi connectivity index (χ0v) is 16.7. The molecule has 0 fully saturated rings. The van der Waals surface area contributed by atoms with E-state index in [2.05, 4.69) is 55.5 Å². The molecule has 2 aromatic carbocycles. The van der Waals surface area contributed by atoms with Gasteiger partial charge in [0.2, 0.25) is 0 Å². The molecule has 1 N–H and O–H groups in total. The maximum absolute atomic E-state index is 11.9. The number of aryl methyl sites for hydroxylation is 1. The first-order valence-corrected chi connectivity index (χ1v) is 9.44. The lowest BCUT2D eigenvalue weighted by molar-refractivity contribution is -0.126. The molecule has 2 rings (SSSR count). The van der Waals surface area contributed by atoms with Crippen LogP contribution in [0.25, 0.3) is 0 Å². The first-order valence-electron chi connectivity index (χ1n) is 9.44. The van der Waals surface area contributed by atoms with E-state index in [1.54, 1.807) is 6.21 Å². The van der Waals surface area contributed by atoms with Gasteiger partial charge in [-0.15, -0.1) is 0 Å². The Bertz CT molecular complexity index is 731. The third-order valence-electron chi connectivity index (χ3n) is 4.36. The maximum Gasteiger partial charge on any atom is 0.260 e. The van der Waals surface area contributed by atoms with E-state index in [-0.39, 0.29) is 24.0 Å². The molecule has 0 spiro atoms. The van der Waals surface area contributed by atoms with Crippen molar-refractivity contribution in [3.05, 3.63) is 71.3 Å². The summed E-state index contributed by atoms with van der Waals surface area (Å²) in [7, 11) is 0. The molecule has 1 unspecified atom stereocenters. The van der Waals surface area contributed by atoms with Crippen molar-refractivity contribution >= 4 is 12.1 Å². The zero-order chi connectivity index (χ0) is 19.7. The minimum absolute atomic E-state index is 0.0771. The van der Waals surface area contributed by atoms with Gasteiger partial charge >= 0.3 is 0 Å². The number of nitrogens with one attached hydrogen (secondary N) is 1. The van der Waals surface area contributed by atoms with Gasteiger partial charge in [-0.05, 0) is 41.9 Å². The molecule has 0 aliphatic heterocycles. The molecule has 27 heavy (non-hydrogen) atoms. The van der Waals surface area contributed by atoms with E-state index in [4.69, 9.17) is 4.84 Å². The van der Waals surface area contributed by atoms with Gasteiger partial charge in [-0.3, -0.25) is 4.79 Å². The number of nitrogens with zero attached hydrogens (tertiary/aromatic N) is 1. The molecular formula is C23H30N2O2. The highest BCUT2D eigenvalue weighted by Crippen LogP contribution is 2.21. The predicted octanol–water partition coefficient (Wildman–Crippen LogP) is 4.47. The Kier molecular flexibility index (Phi) is 7.59. The summed E-state index contributed by atoms with van der Waals surface area (Å²) in [6, 6.07) is 18.5. The number of hydrogen-bond acceptors (Lipinski definition) is 3. The summed E-state index contributed by atoms with van der Waals surface area (Å²) in [5, 5.41) is 6.82. The molecule has 144 valence electrons. The number of oxime groups is 1. The first-order chi connectivity index (χ1) is 12.8. The average Bonchev–Trinajstić information content (AvgIpc) is 2.64. The van der Waals surface area contributed by atoms with Crippen LogP contribution in [0.2, 0.25) is 0 Å². The molecule has 4 nitrogen and oxygen atoms in total. The summed E-state index contributed by atoms with van der Waals surface area (Å²) in [4.78, 5) is 17.0. The van der Waals surface area contributed by atoms with E-state index in [9.17, 15) is 4.79 Å². The number of carbonyl (C=O) groups is 1. The predicted molar refractivity (Wildman–Crippen MR) is 111 cm³/mol. The Morgan fingerprint density at radius 3 is 2.41 bits per heavy atom. The van der Waals surface area contributed by atoms with Crippen molar-refractivity contribution in [1.82, 2.24) is 5.32 Å².